The zero-order valence-corrected chi connectivity index (χ0v) is 14.4. The van der Waals surface area contributed by atoms with Gasteiger partial charge in [0.15, 0.2) is 6.61 Å². The van der Waals surface area contributed by atoms with Crippen LogP contribution in [0.1, 0.15) is 20.7 Å². The SMILES string of the molecule is O=C1CSc2ccc(C(=O)OCC(=O)c3c[nH]c4ccccc34)cc2N1. The molecule has 3 aromatic rings. The molecule has 0 saturated heterocycles. The summed E-state index contributed by atoms with van der Waals surface area (Å²) in [5.41, 5.74) is 2.22. The van der Waals surface area contributed by atoms with Crippen molar-refractivity contribution in [2.75, 3.05) is 17.7 Å². The number of ketones is 1. The molecular weight excluding hydrogens is 352 g/mol. The number of aromatic nitrogens is 1. The fourth-order valence-corrected chi connectivity index (χ4v) is 3.59. The van der Waals surface area contributed by atoms with Crippen LogP contribution in [0.5, 0.6) is 0 Å². The van der Waals surface area contributed by atoms with Crippen LogP contribution in [0.2, 0.25) is 0 Å². The Balaban J connectivity index is 1.46. The van der Waals surface area contributed by atoms with Crippen molar-refractivity contribution in [3.63, 3.8) is 0 Å². The first-order chi connectivity index (χ1) is 12.6. The Bertz CT molecular complexity index is 1040. The van der Waals surface area contributed by atoms with Gasteiger partial charge < -0.3 is 15.0 Å². The number of thioether (sulfide) groups is 1. The zero-order valence-electron chi connectivity index (χ0n) is 13.6. The Hall–Kier alpha value is -3.06. The summed E-state index contributed by atoms with van der Waals surface area (Å²) in [4.78, 5) is 40.0. The Morgan fingerprint density at radius 2 is 2.00 bits per heavy atom. The average Bonchev–Trinajstić information content (AvgIpc) is 3.09. The van der Waals surface area contributed by atoms with E-state index < -0.39 is 5.97 Å². The molecule has 0 fully saturated rings. The summed E-state index contributed by atoms with van der Waals surface area (Å²) < 4.78 is 5.16. The Morgan fingerprint density at radius 3 is 2.88 bits per heavy atom. The number of Topliss-reactive ketones (excluding diaryl/α,β-unsaturated/α-hetero) is 1. The Morgan fingerprint density at radius 1 is 1.15 bits per heavy atom. The molecule has 1 aliphatic rings. The lowest BCUT2D eigenvalue weighted by Crippen LogP contribution is -2.19. The van der Waals surface area contributed by atoms with E-state index in [1.807, 2.05) is 24.3 Å². The highest BCUT2D eigenvalue weighted by atomic mass is 32.2. The van der Waals surface area contributed by atoms with E-state index in [0.29, 0.717) is 22.6 Å². The van der Waals surface area contributed by atoms with Crippen LogP contribution in [0.4, 0.5) is 5.69 Å². The predicted molar refractivity (Wildman–Crippen MR) is 98.7 cm³/mol. The lowest BCUT2D eigenvalue weighted by atomic mass is 10.1. The molecule has 6 nitrogen and oxygen atoms in total. The van der Waals surface area contributed by atoms with Crippen molar-refractivity contribution < 1.29 is 19.1 Å². The van der Waals surface area contributed by atoms with Crippen LogP contribution in [0.25, 0.3) is 10.9 Å². The van der Waals surface area contributed by atoms with Gasteiger partial charge in [0, 0.05) is 27.6 Å². The quantitative estimate of drug-likeness (QED) is 0.547. The molecule has 0 spiro atoms. The highest BCUT2D eigenvalue weighted by molar-refractivity contribution is 8.00. The smallest absolute Gasteiger partial charge is 0.338 e. The van der Waals surface area contributed by atoms with Gasteiger partial charge in [-0.05, 0) is 24.3 Å². The van der Waals surface area contributed by atoms with E-state index in [2.05, 4.69) is 10.3 Å². The van der Waals surface area contributed by atoms with E-state index in [-0.39, 0.29) is 18.3 Å². The molecule has 2 heterocycles. The molecule has 1 aromatic heterocycles. The fraction of sp³-hybridized carbons (Fsp3) is 0.105. The first-order valence-corrected chi connectivity index (χ1v) is 8.93. The van der Waals surface area contributed by atoms with Crippen molar-refractivity contribution in [3.05, 3.63) is 59.8 Å². The second kappa shape index (κ2) is 6.68. The molecule has 2 aromatic carbocycles. The molecule has 0 unspecified atom stereocenters. The minimum atomic E-state index is -0.606. The van der Waals surface area contributed by atoms with E-state index in [1.54, 1.807) is 24.4 Å². The largest absolute Gasteiger partial charge is 0.454 e. The third-order valence-electron chi connectivity index (χ3n) is 4.07. The minimum absolute atomic E-state index is 0.109. The Labute approximate surface area is 152 Å². The van der Waals surface area contributed by atoms with Crippen LogP contribution in [0, 0.1) is 0 Å². The number of hydrogen-bond donors (Lipinski definition) is 2. The van der Waals surface area contributed by atoms with E-state index in [1.165, 1.54) is 11.8 Å². The zero-order chi connectivity index (χ0) is 18.1. The summed E-state index contributed by atoms with van der Waals surface area (Å²) in [6, 6.07) is 12.4. The van der Waals surface area contributed by atoms with Gasteiger partial charge in [0.1, 0.15) is 0 Å². The molecule has 4 rings (SSSR count). The number of ether oxygens (including phenoxy) is 1. The average molecular weight is 366 g/mol. The summed E-state index contributed by atoms with van der Waals surface area (Å²) in [6.07, 6.45) is 1.62. The number of amides is 1. The molecule has 0 bridgehead atoms. The van der Waals surface area contributed by atoms with Gasteiger partial charge in [0.05, 0.1) is 17.0 Å². The van der Waals surface area contributed by atoms with Crippen LogP contribution in [0.15, 0.2) is 53.6 Å². The van der Waals surface area contributed by atoms with E-state index >= 15 is 0 Å². The van der Waals surface area contributed by atoms with Crippen molar-refractivity contribution in [2.24, 2.45) is 0 Å². The lowest BCUT2D eigenvalue weighted by Gasteiger charge is -2.16. The van der Waals surface area contributed by atoms with Gasteiger partial charge in [-0.1, -0.05) is 18.2 Å². The maximum Gasteiger partial charge on any atom is 0.338 e. The number of anilines is 1. The number of para-hydroxylation sites is 1. The number of nitrogens with one attached hydrogen (secondary N) is 2. The maximum absolute atomic E-state index is 12.4. The van der Waals surface area contributed by atoms with Crippen LogP contribution in [-0.4, -0.2) is 35.0 Å². The molecule has 7 heteroatoms. The standard InChI is InChI=1S/C19H14N2O4S/c22-16(13-8-20-14-4-2-1-3-12(13)14)9-25-19(24)11-5-6-17-15(7-11)21-18(23)10-26-17/h1-8,20H,9-10H2,(H,21,23). The van der Waals surface area contributed by atoms with Crippen LogP contribution in [-0.2, 0) is 9.53 Å². The summed E-state index contributed by atoms with van der Waals surface area (Å²) >= 11 is 1.41. The van der Waals surface area contributed by atoms with E-state index in [9.17, 15) is 14.4 Å². The molecule has 0 radical (unpaired) electrons. The molecule has 130 valence electrons. The molecule has 0 atom stereocenters. The first-order valence-electron chi connectivity index (χ1n) is 7.95. The molecule has 26 heavy (non-hydrogen) atoms. The predicted octanol–water partition coefficient (Wildman–Crippen LogP) is 3.25. The van der Waals surface area contributed by atoms with Gasteiger partial charge in [0.25, 0.3) is 0 Å². The number of rotatable bonds is 4. The summed E-state index contributed by atoms with van der Waals surface area (Å²) in [6.45, 7) is -0.348. The summed E-state index contributed by atoms with van der Waals surface area (Å²) in [5.74, 6) is -0.637. The monoisotopic (exact) mass is 366 g/mol. The third-order valence-corrected chi connectivity index (χ3v) is 5.15. The van der Waals surface area contributed by atoms with Crippen molar-refractivity contribution in [1.82, 2.24) is 4.98 Å². The fourth-order valence-electron chi connectivity index (χ4n) is 2.80. The van der Waals surface area contributed by atoms with Gasteiger partial charge in [-0.25, -0.2) is 4.79 Å². The number of aromatic amines is 1. The number of H-pyrrole nitrogens is 1. The molecule has 1 aliphatic heterocycles. The number of esters is 1. The minimum Gasteiger partial charge on any atom is -0.454 e. The number of fused-ring (bicyclic) bond motifs is 2. The van der Waals surface area contributed by atoms with Gasteiger partial charge >= 0.3 is 5.97 Å². The van der Waals surface area contributed by atoms with Crippen LogP contribution >= 0.6 is 11.8 Å². The van der Waals surface area contributed by atoms with Gasteiger partial charge in [-0.3, -0.25) is 9.59 Å². The number of benzene rings is 2. The van der Waals surface area contributed by atoms with Crippen LogP contribution in [0.3, 0.4) is 0 Å². The second-order valence-electron chi connectivity index (χ2n) is 5.80. The lowest BCUT2D eigenvalue weighted by molar-refractivity contribution is -0.113. The summed E-state index contributed by atoms with van der Waals surface area (Å²) in [5, 5.41) is 3.52. The highest BCUT2D eigenvalue weighted by Crippen LogP contribution is 2.32. The summed E-state index contributed by atoms with van der Waals surface area (Å²) in [7, 11) is 0. The topological polar surface area (TPSA) is 88.3 Å². The molecule has 1 amide bonds. The molecule has 0 aliphatic carbocycles. The number of carbonyl (C=O) groups is 3. The van der Waals surface area contributed by atoms with Crippen LogP contribution < -0.4 is 5.32 Å². The van der Waals surface area contributed by atoms with E-state index in [4.69, 9.17) is 4.74 Å². The van der Waals surface area contributed by atoms with Gasteiger partial charge in [0.2, 0.25) is 11.7 Å². The molecule has 2 N–H and O–H groups in total. The van der Waals surface area contributed by atoms with Crippen molar-refractivity contribution in [3.8, 4) is 0 Å². The van der Waals surface area contributed by atoms with Crippen molar-refractivity contribution in [1.29, 1.82) is 0 Å². The van der Waals surface area contributed by atoms with Crippen molar-refractivity contribution >= 4 is 46.0 Å². The van der Waals surface area contributed by atoms with Crippen molar-refractivity contribution in [2.45, 2.75) is 4.90 Å². The molecular formula is C19H14N2O4S. The second-order valence-corrected chi connectivity index (χ2v) is 6.81. The third kappa shape index (κ3) is 3.09. The number of carbonyl (C=O) groups excluding carboxylic acids is 3. The highest BCUT2D eigenvalue weighted by Gasteiger charge is 2.19. The van der Waals surface area contributed by atoms with E-state index in [0.717, 1.165) is 15.8 Å². The number of hydrogen-bond acceptors (Lipinski definition) is 5. The maximum atomic E-state index is 12.4. The van der Waals surface area contributed by atoms with Gasteiger partial charge in [-0.2, -0.15) is 0 Å². The molecule has 0 saturated carbocycles. The first kappa shape index (κ1) is 16.4. The normalized spacial score (nSPS) is 13.2. The Kier molecular flexibility index (Phi) is 4.22. The van der Waals surface area contributed by atoms with Gasteiger partial charge in [-0.15, -0.1) is 11.8 Å².